The monoisotopic (exact) mass is 435 g/mol. The maximum Gasteiger partial charge on any atom is 0.341 e. The summed E-state index contributed by atoms with van der Waals surface area (Å²) in [6.07, 6.45) is 1.53. The number of nitrogens with zero attached hydrogens (tertiary/aromatic N) is 3. The van der Waals surface area contributed by atoms with Crippen molar-refractivity contribution in [2.45, 2.75) is 24.8 Å². The first-order chi connectivity index (χ1) is 14.3. The molecule has 0 radical (unpaired) electrons. The van der Waals surface area contributed by atoms with Gasteiger partial charge in [-0.2, -0.15) is 4.31 Å². The Balaban J connectivity index is 1.67. The predicted octanol–water partition coefficient (Wildman–Crippen LogP) is 1.84. The van der Waals surface area contributed by atoms with Crippen LogP contribution in [-0.4, -0.2) is 67.7 Å². The van der Waals surface area contributed by atoms with E-state index in [1.807, 2.05) is 18.7 Å². The van der Waals surface area contributed by atoms with Crippen LogP contribution in [-0.2, 0) is 14.8 Å². The minimum Gasteiger partial charge on any atom is -0.491 e. The van der Waals surface area contributed by atoms with Gasteiger partial charge in [-0.15, -0.1) is 0 Å². The number of carbonyl (C=O) groups is 1. The van der Waals surface area contributed by atoms with Gasteiger partial charge in [0.05, 0.1) is 16.7 Å². The maximum absolute atomic E-state index is 13.0. The van der Waals surface area contributed by atoms with Gasteiger partial charge in [-0.1, -0.05) is 0 Å². The first-order valence-electron chi connectivity index (χ1n) is 9.59. The van der Waals surface area contributed by atoms with E-state index in [0.717, 1.165) is 0 Å². The minimum atomic E-state index is -3.62. The SMILES string of the molecule is CC(C)Oc1ccc(S(=O)(=O)N2CCN(c3cccnc3OCC(=O)O)CC2)cc1. The summed E-state index contributed by atoms with van der Waals surface area (Å²) < 4.78 is 38.2. The van der Waals surface area contributed by atoms with E-state index < -0.39 is 22.6 Å². The largest absolute Gasteiger partial charge is 0.491 e. The van der Waals surface area contributed by atoms with E-state index in [-0.39, 0.29) is 16.9 Å². The van der Waals surface area contributed by atoms with Crippen molar-refractivity contribution in [3.8, 4) is 11.6 Å². The molecule has 0 aliphatic carbocycles. The zero-order valence-electron chi connectivity index (χ0n) is 16.9. The van der Waals surface area contributed by atoms with E-state index in [2.05, 4.69) is 4.98 Å². The van der Waals surface area contributed by atoms with Gasteiger partial charge < -0.3 is 19.5 Å². The molecule has 1 aliphatic rings. The van der Waals surface area contributed by atoms with Crippen LogP contribution < -0.4 is 14.4 Å². The van der Waals surface area contributed by atoms with Crippen LogP contribution in [0.1, 0.15) is 13.8 Å². The molecule has 3 rings (SSSR count). The number of carboxylic acids is 1. The summed E-state index contributed by atoms with van der Waals surface area (Å²) in [5, 5.41) is 8.82. The molecule has 1 aromatic heterocycles. The van der Waals surface area contributed by atoms with Gasteiger partial charge in [0, 0.05) is 32.4 Å². The standard InChI is InChI=1S/C20H25N3O6S/c1-15(2)29-16-5-7-17(8-6-16)30(26,27)23-12-10-22(11-13-23)18-4-3-9-21-20(18)28-14-19(24)25/h3-9,15H,10-14H2,1-2H3,(H,24,25). The van der Waals surface area contributed by atoms with E-state index in [1.54, 1.807) is 36.4 Å². The molecule has 1 N–H and O–H groups in total. The number of benzene rings is 1. The molecule has 9 nitrogen and oxygen atoms in total. The highest BCUT2D eigenvalue weighted by atomic mass is 32.2. The first-order valence-corrected chi connectivity index (χ1v) is 11.0. The van der Waals surface area contributed by atoms with Crippen LogP contribution in [0.4, 0.5) is 5.69 Å². The minimum absolute atomic E-state index is 0.0115. The molecule has 1 fully saturated rings. The third-order valence-electron chi connectivity index (χ3n) is 4.50. The van der Waals surface area contributed by atoms with Gasteiger partial charge in [0.1, 0.15) is 5.75 Å². The molecule has 0 saturated carbocycles. The molecule has 2 heterocycles. The Morgan fingerprint density at radius 2 is 1.80 bits per heavy atom. The number of sulfonamides is 1. The molecular formula is C20H25N3O6S. The number of ether oxygens (including phenoxy) is 2. The highest BCUT2D eigenvalue weighted by Crippen LogP contribution is 2.28. The highest BCUT2D eigenvalue weighted by Gasteiger charge is 2.29. The average molecular weight is 436 g/mol. The van der Waals surface area contributed by atoms with Crippen molar-refractivity contribution in [1.82, 2.24) is 9.29 Å². The van der Waals surface area contributed by atoms with Gasteiger partial charge in [0.25, 0.3) is 0 Å². The molecular weight excluding hydrogens is 410 g/mol. The van der Waals surface area contributed by atoms with Gasteiger partial charge in [-0.3, -0.25) is 0 Å². The number of aromatic nitrogens is 1. The number of hydrogen-bond acceptors (Lipinski definition) is 7. The molecule has 162 valence electrons. The number of hydrogen-bond donors (Lipinski definition) is 1. The van der Waals surface area contributed by atoms with E-state index >= 15 is 0 Å². The molecule has 0 spiro atoms. The summed E-state index contributed by atoms with van der Waals surface area (Å²) in [6.45, 7) is 4.77. The lowest BCUT2D eigenvalue weighted by atomic mass is 10.3. The topological polar surface area (TPSA) is 109 Å². The van der Waals surface area contributed by atoms with Crippen LogP contribution in [0.25, 0.3) is 0 Å². The second-order valence-electron chi connectivity index (χ2n) is 7.04. The Morgan fingerprint density at radius 3 is 2.40 bits per heavy atom. The summed E-state index contributed by atoms with van der Waals surface area (Å²) in [5.41, 5.74) is 0.644. The van der Waals surface area contributed by atoms with E-state index in [4.69, 9.17) is 14.6 Å². The van der Waals surface area contributed by atoms with Crippen molar-refractivity contribution in [2.75, 3.05) is 37.7 Å². The maximum atomic E-state index is 13.0. The summed E-state index contributed by atoms with van der Waals surface area (Å²) in [5.74, 6) is -0.247. The van der Waals surface area contributed by atoms with Crippen molar-refractivity contribution in [3.05, 3.63) is 42.6 Å². The molecule has 0 unspecified atom stereocenters. The van der Waals surface area contributed by atoms with Crippen LogP contribution >= 0.6 is 0 Å². The van der Waals surface area contributed by atoms with Gasteiger partial charge in [-0.25, -0.2) is 18.2 Å². The fourth-order valence-electron chi connectivity index (χ4n) is 3.15. The van der Waals surface area contributed by atoms with Crippen LogP contribution in [0.3, 0.4) is 0 Å². The zero-order valence-corrected chi connectivity index (χ0v) is 17.7. The van der Waals surface area contributed by atoms with Crippen molar-refractivity contribution in [1.29, 1.82) is 0 Å². The van der Waals surface area contributed by atoms with Crippen LogP contribution in [0, 0.1) is 0 Å². The lowest BCUT2D eigenvalue weighted by Crippen LogP contribution is -2.48. The molecule has 0 bridgehead atoms. The molecule has 1 aromatic carbocycles. The normalized spacial score (nSPS) is 15.2. The molecule has 30 heavy (non-hydrogen) atoms. The molecule has 1 aliphatic heterocycles. The van der Waals surface area contributed by atoms with E-state index in [9.17, 15) is 13.2 Å². The third kappa shape index (κ3) is 5.19. The van der Waals surface area contributed by atoms with Gasteiger partial charge in [0.2, 0.25) is 15.9 Å². The number of anilines is 1. The number of pyridine rings is 1. The van der Waals surface area contributed by atoms with Crippen LogP contribution in [0.5, 0.6) is 11.6 Å². The zero-order chi connectivity index (χ0) is 21.7. The lowest BCUT2D eigenvalue weighted by molar-refractivity contribution is -0.139. The molecule has 0 amide bonds. The Bertz CT molecular complexity index is 970. The second kappa shape index (κ2) is 9.31. The quantitative estimate of drug-likeness (QED) is 0.669. The van der Waals surface area contributed by atoms with Crippen molar-refractivity contribution >= 4 is 21.7 Å². The summed E-state index contributed by atoms with van der Waals surface area (Å²) in [6, 6.07) is 9.93. The summed E-state index contributed by atoms with van der Waals surface area (Å²) in [7, 11) is -3.62. The third-order valence-corrected chi connectivity index (χ3v) is 6.41. The summed E-state index contributed by atoms with van der Waals surface area (Å²) >= 11 is 0. The number of rotatable bonds is 8. The molecule has 0 atom stereocenters. The van der Waals surface area contributed by atoms with Crippen molar-refractivity contribution < 1.29 is 27.8 Å². The van der Waals surface area contributed by atoms with Crippen LogP contribution in [0.15, 0.2) is 47.5 Å². The number of aliphatic carboxylic acids is 1. The van der Waals surface area contributed by atoms with Gasteiger partial charge in [0.15, 0.2) is 6.61 Å². The van der Waals surface area contributed by atoms with E-state index in [0.29, 0.717) is 37.6 Å². The van der Waals surface area contributed by atoms with E-state index in [1.165, 1.54) is 10.5 Å². The average Bonchev–Trinajstić information content (AvgIpc) is 2.72. The Kier molecular flexibility index (Phi) is 6.78. The van der Waals surface area contributed by atoms with Crippen molar-refractivity contribution in [2.24, 2.45) is 0 Å². The molecule has 1 saturated heterocycles. The highest BCUT2D eigenvalue weighted by molar-refractivity contribution is 7.89. The number of carboxylic acid groups (broad SMARTS) is 1. The smallest absolute Gasteiger partial charge is 0.341 e. The molecule has 2 aromatic rings. The number of piperazine rings is 1. The second-order valence-corrected chi connectivity index (χ2v) is 8.98. The fourth-order valence-corrected chi connectivity index (χ4v) is 4.57. The Labute approximate surface area is 175 Å². The molecule has 10 heteroatoms. The van der Waals surface area contributed by atoms with Gasteiger partial charge >= 0.3 is 5.97 Å². The Hall–Kier alpha value is -2.85. The van der Waals surface area contributed by atoms with Gasteiger partial charge in [-0.05, 0) is 50.2 Å². The fraction of sp³-hybridized carbons (Fsp3) is 0.400. The Morgan fingerprint density at radius 1 is 1.13 bits per heavy atom. The predicted molar refractivity (Wildman–Crippen MR) is 111 cm³/mol. The lowest BCUT2D eigenvalue weighted by Gasteiger charge is -2.35. The van der Waals surface area contributed by atoms with Crippen LogP contribution in [0.2, 0.25) is 0 Å². The first kappa shape index (κ1) is 21.8. The summed E-state index contributed by atoms with van der Waals surface area (Å²) in [4.78, 5) is 17.0. The van der Waals surface area contributed by atoms with Crippen molar-refractivity contribution in [3.63, 3.8) is 0 Å².